The van der Waals surface area contributed by atoms with E-state index in [1.165, 1.54) is 9.87 Å². The van der Waals surface area contributed by atoms with Gasteiger partial charge in [0.1, 0.15) is 6.04 Å². The van der Waals surface area contributed by atoms with Crippen molar-refractivity contribution in [3.8, 4) is 0 Å². The third-order valence-corrected chi connectivity index (χ3v) is 8.08. The molecular formula is C23H29N3O4S. The normalized spacial score (nSPS) is 18.3. The van der Waals surface area contributed by atoms with E-state index in [4.69, 9.17) is 4.74 Å². The fourth-order valence-corrected chi connectivity index (χ4v) is 5.89. The van der Waals surface area contributed by atoms with Crippen LogP contribution >= 0.6 is 0 Å². The van der Waals surface area contributed by atoms with Crippen LogP contribution in [-0.2, 0) is 26.0 Å². The van der Waals surface area contributed by atoms with Crippen LogP contribution in [0.1, 0.15) is 24.5 Å². The smallest absolute Gasteiger partial charge is 0.246 e. The van der Waals surface area contributed by atoms with Gasteiger partial charge in [-0.1, -0.05) is 24.3 Å². The summed E-state index contributed by atoms with van der Waals surface area (Å²) in [6, 6.07) is 12.9. The van der Waals surface area contributed by atoms with Gasteiger partial charge in [0.25, 0.3) is 0 Å². The standard InChI is InChI=1S/C23H29N3O4S/c1-17-9-10-20(16-22(17)31(28,29)25-12-14-30-15-13-25)24-23(27)18(2)26-11-5-7-19-6-3-4-8-21(19)26/h3-4,6,8-10,16,18H,5,7,11-15H2,1-2H3,(H,24,27)/t18-/m1/s1. The van der Waals surface area contributed by atoms with Crippen molar-refractivity contribution in [2.24, 2.45) is 0 Å². The Labute approximate surface area is 184 Å². The molecule has 2 aliphatic heterocycles. The van der Waals surface area contributed by atoms with Gasteiger partial charge in [-0.05, 0) is 56.0 Å². The SMILES string of the molecule is Cc1ccc(NC(=O)[C@@H](C)N2CCCc3ccccc32)cc1S(=O)(=O)N1CCOCC1. The predicted molar refractivity (Wildman–Crippen MR) is 121 cm³/mol. The zero-order chi connectivity index (χ0) is 22.0. The number of hydrogen-bond donors (Lipinski definition) is 1. The Morgan fingerprint density at radius 1 is 1.10 bits per heavy atom. The van der Waals surface area contributed by atoms with Crippen molar-refractivity contribution in [2.45, 2.75) is 37.6 Å². The van der Waals surface area contributed by atoms with Crippen LogP contribution in [0.15, 0.2) is 47.4 Å². The number of sulfonamides is 1. The molecule has 1 saturated heterocycles. The summed E-state index contributed by atoms with van der Waals surface area (Å²) < 4.78 is 32.9. The lowest BCUT2D eigenvalue weighted by molar-refractivity contribution is -0.117. The second-order valence-corrected chi connectivity index (χ2v) is 9.99. The van der Waals surface area contributed by atoms with Crippen molar-refractivity contribution in [1.82, 2.24) is 4.31 Å². The maximum Gasteiger partial charge on any atom is 0.246 e. The Morgan fingerprint density at radius 2 is 1.84 bits per heavy atom. The average molecular weight is 444 g/mol. The number of aryl methyl sites for hydroxylation is 2. The highest BCUT2D eigenvalue weighted by atomic mass is 32.2. The Morgan fingerprint density at radius 3 is 2.61 bits per heavy atom. The van der Waals surface area contributed by atoms with Gasteiger partial charge in [-0.15, -0.1) is 0 Å². The van der Waals surface area contributed by atoms with Gasteiger partial charge >= 0.3 is 0 Å². The van der Waals surface area contributed by atoms with Crippen molar-refractivity contribution >= 4 is 27.3 Å². The summed E-state index contributed by atoms with van der Waals surface area (Å²) in [5, 5.41) is 2.92. The molecule has 4 rings (SSSR count). The Bertz CT molecular complexity index is 1060. The number of fused-ring (bicyclic) bond motifs is 1. The van der Waals surface area contributed by atoms with E-state index in [1.807, 2.05) is 19.1 Å². The molecule has 31 heavy (non-hydrogen) atoms. The number of carbonyl (C=O) groups excluding carboxylic acids is 1. The molecule has 0 saturated carbocycles. The first-order valence-electron chi connectivity index (χ1n) is 10.7. The summed E-state index contributed by atoms with van der Waals surface area (Å²) in [5.74, 6) is -0.157. The van der Waals surface area contributed by atoms with Crippen molar-refractivity contribution in [3.05, 3.63) is 53.6 Å². The number of ether oxygens (including phenoxy) is 1. The molecule has 7 nitrogen and oxygen atoms in total. The molecule has 2 aliphatic rings. The molecule has 8 heteroatoms. The van der Waals surface area contributed by atoms with E-state index in [9.17, 15) is 13.2 Å². The van der Waals surface area contributed by atoms with E-state index in [-0.39, 0.29) is 16.8 Å². The topological polar surface area (TPSA) is 79.0 Å². The molecule has 1 amide bonds. The van der Waals surface area contributed by atoms with Crippen molar-refractivity contribution in [2.75, 3.05) is 43.1 Å². The van der Waals surface area contributed by atoms with Gasteiger partial charge in [-0.2, -0.15) is 4.31 Å². The van der Waals surface area contributed by atoms with Gasteiger partial charge in [0, 0.05) is 31.0 Å². The molecule has 0 unspecified atom stereocenters. The van der Waals surface area contributed by atoms with Gasteiger partial charge in [0.15, 0.2) is 0 Å². The molecule has 2 aromatic rings. The lowest BCUT2D eigenvalue weighted by Crippen LogP contribution is -2.44. The number of nitrogens with zero attached hydrogens (tertiary/aromatic N) is 2. The van der Waals surface area contributed by atoms with E-state index >= 15 is 0 Å². The molecule has 2 heterocycles. The van der Waals surface area contributed by atoms with Gasteiger partial charge in [0.05, 0.1) is 18.1 Å². The van der Waals surface area contributed by atoms with Crippen LogP contribution in [0.25, 0.3) is 0 Å². The number of amides is 1. The Kier molecular flexibility index (Phi) is 6.31. The molecule has 0 radical (unpaired) electrons. The summed E-state index contributed by atoms with van der Waals surface area (Å²) in [5.41, 5.74) is 3.49. The fourth-order valence-electron chi connectivity index (χ4n) is 4.24. The molecule has 1 fully saturated rings. The second-order valence-electron chi connectivity index (χ2n) is 8.09. The number of carbonyl (C=O) groups is 1. The van der Waals surface area contributed by atoms with Gasteiger partial charge in [-0.3, -0.25) is 4.79 Å². The number of anilines is 2. The summed E-state index contributed by atoms with van der Waals surface area (Å²) in [6.07, 6.45) is 2.02. The number of para-hydroxylation sites is 1. The Hall–Kier alpha value is -2.42. The van der Waals surface area contributed by atoms with Crippen molar-refractivity contribution in [1.29, 1.82) is 0 Å². The maximum absolute atomic E-state index is 13.1. The van der Waals surface area contributed by atoms with Crippen LogP contribution in [0.2, 0.25) is 0 Å². The van der Waals surface area contributed by atoms with Crippen LogP contribution < -0.4 is 10.2 Å². The highest BCUT2D eigenvalue weighted by Gasteiger charge is 2.29. The number of benzene rings is 2. The highest BCUT2D eigenvalue weighted by Crippen LogP contribution is 2.29. The van der Waals surface area contributed by atoms with Crippen LogP contribution in [0.4, 0.5) is 11.4 Å². The molecule has 0 bridgehead atoms. The number of rotatable bonds is 5. The van der Waals surface area contributed by atoms with Gasteiger partial charge < -0.3 is 15.0 Å². The van der Waals surface area contributed by atoms with Crippen molar-refractivity contribution < 1.29 is 17.9 Å². The van der Waals surface area contributed by atoms with E-state index in [0.717, 1.165) is 25.1 Å². The molecule has 0 spiro atoms. The van der Waals surface area contributed by atoms with Crippen LogP contribution in [0.3, 0.4) is 0 Å². The largest absolute Gasteiger partial charge is 0.379 e. The molecule has 0 aromatic heterocycles. The number of hydrogen-bond acceptors (Lipinski definition) is 5. The summed E-state index contributed by atoms with van der Waals surface area (Å²) in [4.78, 5) is 15.4. The molecule has 166 valence electrons. The van der Waals surface area contributed by atoms with Crippen molar-refractivity contribution in [3.63, 3.8) is 0 Å². The van der Waals surface area contributed by atoms with E-state index in [0.29, 0.717) is 37.6 Å². The van der Waals surface area contributed by atoms with Crippen LogP contribution in [0, 0.1) is 6.92 Å². The van der Waals surface area contributed by atoms with E-state index in [1.54, 1.807) is 25.1 Å². The van der Waals surface area contributed by atoms with Gasteiger partial charge in [0.2, 0.25) is 15.9 Å². The van der Waals surface area contributed by atoms with E-state index < -0.39 is 10.0 Å². The summed E-state index contributed by atoms with van der Waals surface area (Å²) >= 11 is 0. The second kappa shape index (κ2) is 8.98. The first kappa shape index (κ1) is 21.8. The van der Waals surface area contributed by atoms with Crippen LogP contribution in [-0.4, -0.2) is 57.5 Å². The highest BCUT2D eigenvalue weighted by molar-refractivity contribution is 7.89. The molecule has 2 aromatic carbocycles. The van der Waals surface area contributed by atoms with Crippen LogP contribution in [0.5, 0.6) is 0 Å². The third kappa shape index (κ3) is 4.46. The molecule has 0 aliphatic carbocycles. The molecule has 1 N–H and O–H groups in total. The summed E-state index contributed by atoms with van der Waals surface area (Å²) in [7, 11) is -3.64. The quantitative estimate of drug-likeness (QED) is 0.769. The fraction of sp³-hybridized carbons (Fsp3) is 0.435. The number of morpholine rings is 1. The maximum atomic E-state index is 13.1. The first-order chi connectivity index (χ1) is 14.9. The van der Waals surface area contributed by atoms with Gasteiger partial charge in [-0.25, -0.2) is 8.42 Å². The lowest BCUT2D eigenvalue weighted by Gasteiger charge is -2.35. The first-order valence-corrected chi connectivity index (χ1v) is 12.2. The molecular weight excluding hydrogens is 414 g/mol. The molecule has 1 atom stereocenters. The summed E-state index contributed by atoms with van der Waals surface area (Å²) in [6.45, 7) is 5.93. The third-order valence-electron chi connectivity index (χ3n) is 6.04. The monoisotopic (exact) mass is 443 g/mol. The zero-order valence-corrected chi connectivity index (χ0v) is 18.8. The number of nitrogens with one attached hydrogen (secondary N) is 1. The predicted octanol–water partition coefficient (Wildman–Crippen LogP) is 2.80. The zero-order valence-electron chi connectivity index (χ0n) is 18.0. The Balaban J connectivity index is 1.53. The lowest BCUT2D eigenvalue weighted by atomic mass is 10.00. The minimum absolute atomic E-state index is 0.157. The minimum atomic E-state index is -3.64. The minimum Gasteiger partial charge on any atom is -0.379 e. The van der Waals surface area contributed by atoms with E-state index in [2.05, 4.69) is 22.3 Å². The average Bonchev–Trinajstić information content (AvgIpc) is 2.80.